The summed E-state index contributed by atoms with van der Waals surface area (Å²) in [6.07, 6.45) is -0.804. The minimum absolute atomic E-state index is 0.0716. The van der Waals surface area contributed by atoms with Crippen LogP contribution in [0.2, 0.25) is 0 Å². The zero-order valence-electron chi connectivity index (χ0n) is 20.4. The molecule has 0 saturated carbocycles. The van der Waals surface area contributed by atoms with Crippen LogP contribution < -0.4 is 5.32 Å². The molecule has 2 amide bonds. The highest BCUT2D eigenvalue weighted by molar-refractivity contribution is 7.54. The fraction of sp³-hybridized carbons (Fsp3) is 0.609. The number of hydrogen-bond acceptors (Lipinski definition) is 8. The molecular weight excluding hydrogens is 463 g/mol. The number of hydrogen-bond donors (Lipinski definition) is 1. The van der Waals surface area contributed by atoms with E-state index in [9.17, 15) is 18.9 Å². The smallest absolute Gasteiger partial charge is 0.410 e. The third-order valence-electron chi connectivity index (χ3n) is 5.30. The lowest BCUT2D eigenvalue weighted by Gasteiger charge is -2.25. The van der Waals surface area contributed by atoms with Crippen molar-refractivity contribution in [2.24, 2.45) is 5.92 Å². The van der Waals surface area contributed by atoms with Gasteiger partial charge in [0.15, 0.2) is 5.78 Å². The van der Waals surface area contributed by atoms with Crippen LogP contribution in [-0.2, 0) is 34.5 Å². The first-order valence-electron chi connectivity index (χ1n) is 11.1. The van der Waals surface area contributed by atoms with Crippen LogP contribution in [0.4, 0.5) is 9.59 Å². The van der Waals surface area contributed by atoms with Crippen LogP contribution in [0.15, 0.2) is 30.3 Å². The molecular formula is C23H35N2O8P. The molecule has 1 saturated heterocycles. The van der Waals surface area contributed by atoms with E-state index in [2.05, 4.69) is 5.32 Å². The monoisotopic (exact) mass is 498 g/mol. The Balaban J connectivity index is 1.99. The van der Waals surface area contributed by atoms with Gasteiger partial charge in [-0.3, -0.25) is 9.36 Å². The van der Waals surface area contributed by atoms with Crippen molar-refractivity contribution < 1.29 is 37.5 Å². The quantitative estimate of drug-likeness (QED) is 0.481. The first-order chi connectivity index (χ1) is 15.9. The van der Waals surface area contributed by atoms with Gasteiger partial charge < -0.3 is 28.7 Å². The Morgan fingerprint density at radius 2 is 1.79 bits per heavy atom. The number of Topliss-reactive ketones (excluding diaryl/α,β-unsaturated/α-hetero) is 1. The van der Waals surface area contributed by atoms with Crippen molar-refractivity contribution in [3.05, 3.63) is 35.9 Å². The fourth-order valence-corrected chi connectivity index (χ4v) is 4.57. The van der Waals surface area contributed by atoms with Crippen molar-refractivity contribution in [2.45, 2.75) is 51.9 Å². The van der Waals surface area contributed by atoms with Crippen molar-refractivity contribution in [3.8, 4) is 0 Å². The van der Waals surface area contributed by atoms with Gasteiger partial charge in [-0.05, 0) is 45.1 Å². The molecule has 1 fully saturated rings. The van der Waals surface area contributed by atoms with Crippen LogP contribution in [0.5, 0.6) is 0 Å². The topological polar surface area (TPSA) is 120 Å². The Labute approximate surface area is 200 Å². The van der Waals surface area contributed by atoms with Gasteiger partial charge in [-0.15, -0.1) is 0 Å². The number of amides is 2. The van der Waals surface area contributed by atoms with Crippen LogP contribution in [0.25, 0.3) is 0 Å². The molecule has 1 aliphatic heterocycles. The normalized spacial score (nSPS) is 17.2. The molecule has 11 heteroatoms. The highest BCUT2D eigenvalue weighted by Crippen LogP contribution is 2.46. The predicted molar refractivity (Wildman–Crippen MR) is 126 cm³/mol. The van der Waals surface area contributed by atoms with Crippen molar-refractivity contribution >= 4 is 25.6 Å². The second kappa shape index (κ2) is 12.3. The van der Waals surface area contributed by atoms with E-state index < -0.39 is 43.4 Å². The maximum Gasteiger partial charge on any atom is 0.410 e. The summed E-state index contributed by atoms with van der Waals surface area (Å²) in [4.78, 5) is 39.3. The Bertz CT molecular complexity index is 879. The Hall–Kier alpha value is -2.42. The summed E-state index contributed by atoms with van der Waals surface area (Å²) in [5.41, 5.74) is 0.137. The lowest BCUT2D eigenvalue weighted by atomic mass is 9.97. The van der Waals surface area contributed by atoms with Gasteiger partial charge >= 0.3 is 19.8 Å². The van der Waals surface area contributed by atoms with Gasteiger partial charge in [-0.25, -0.2) is 9.59 Å². The number of ether oxygens (including phenoxy) is 2. The Morgan fingerprint density at radius 3 is 2.38 bits per heavy atom. The summed E-state index contributed by atoms with van der Waals surface area (Å²) in [5.74, 6) is -0.569. The summed E-state index contributed by atoms with van der Waals surface area (Å²) in [6, 6.07) is 8.40. The number of nitrogens with one attached hydrogen (secondary N) is 1. The molecule has 1 heterocycles. The van der Waals surface area contributed by atoms with E-state index in [1.165, 1.54) is 14.2 Å². The Morgan fingerprint density at radius 1 is 1.15 bits per heavy atom. The molecule has 34 heavy (non-hydrogen) atoms. The molecule has 10 nitrogen and oxygen atoms in total. The number of carbonyl (C=O) groups excluding carboxylic acids is 3. The predicted octanol–water partition coefficient (Wildman–Crippen LogP) is 3.98. The standard InChI is InChI=1S/C23H35N2O8P/c1-23(2,3)33-21(27)24-19(20(26)16-34(29,30-4)31-5)13-18-11-12-25(14-18)22(28)32-15-17-9-7-6-8-10-17/h6-10,18-19H,11-16H2,1-5H3,(H,24,27). The SMILES string of the molecule is COP(=O)(CC(=O)C(CC1CCN(C(=O)OCc2ccccc2)C1)NC(=O)OC(C)(C)C)OC. The number of benzene rings is 1. The average Bonchev–Trinajstić information content (AvgIpc) is 3.25. The van der Waals surface area contributed by atoms with Crippen LogP contribution in [0.3, 0.4) is 0 Å². The van der Waals surface area contributed by atoms with Crippen LogP contribution >= 0.6 is 7.60 Å². The highest BCUT2D eigenvalue weighted by atomic mass is 31.2. The number of ketones is 1. The number of likely N-dealkylation sites (tertiary alicyclic amines) is 1. The van der Waals surface area contributed by atoms with Gasteiger partial charge in [0, 0.05) is 27.3 Å². The molecule has 1 aliphatic rings. The molecule has 2 atom stereocenters. The van der Waals surface area contributed by atoms with Gasteiger partial charge in [0.25, 0.3) is 0 Å². The second-order valence-corrected chi connectivity index (χ2v) is 11.4. The minimum Gasteiger partial charge on any atom is -0.445 e. The molecule has 1 N–H and O–H groups in total. The molecule has 190 valence electrons. The van der Waals surface area contributed by atoms with E-state index in [4.69, 9.17) is 18.5 Å². The summed E-state index contributed by atoms with van der Waals surface area (Å²) in [7, 11) is -1.22. The molecule has 2 rings (SSSR count). The number of nitrogens with zero attached hydrogens (tertiary/aromatic N) is 1. The number of rotatable bonds is 10. The van der Waals surface area contributed by atoms with E-state index in [1.54, 1.807) is 25.7 Å². The van der Waals surface area contributed by atoms with Crippen LogP contribution in [-0.4, -0.2) is 68.0 Å². The fourth-order valence-electron chi connectivity index (χ4n) is 3.56. The highest BCUT2D eigenvalue weighted by Gasteiger charge is 2.36. The molecule has 1 aromatic rings. The molecule has 1 aromatic carbocycles. The van der Waals surface area contributed by atoms with Crippen molar-refractivity contribution in [1.82, 2.24) is 10.2 Å². The van der Waals surface area contributed by atoms with Crippen LogP contribution in [0.1, 0.15) is 39.2 Å². The van der Waals surface area contributed by atoms with Gasteiger partial charge in [0.05, 0.1) is 6.04 Å². The molecule has 0 spiro atoms. The molecule has 0 aliphatic carbocycles. The van der Waals surface area contributed by atoms with Crippen LogP contribution in [0, 0.1) is 5.92 Å². The van der Waals surface area contributed by atoms with Gasteiger partial charge in [-0.2, -0.15) is 0 Å². The molecule has 0 bridgehead atoms. The summed E-state index contributed by atoms with van der Waals surface area (Å²) < 4.78 is 32.9. The third-order valence-corrected chi connectivity index (χ3v) is 7.12. The molecule has 2 unspecified atom stereocenters. The first-order valence-corrected chi connectivity index (χ1v) is 12.9. The lowest BCUT2D eigenvalue weighted by molar-refractivity contribution is -0.119. The van der Waals surface area contributed by atoms with E-state index in [0.29, 0.717) is 19.5 Å². The van der Waals surface area contributed by atoms with E-state index in [0.717, 1.165) is 5.56 Å². The van der Waals surface area contributed by atoms with E-state index in [-0.39, 0.29) is 18.9 Å². The average molecular weight is 499 g/mol. The van der Waals surface area contributed by atoms with Crippen molar-refractivity contribution in [3.63, 3.8) is 0 Å². The summed E-state index contributed by atoms with van der Waals surface area (Å²) in [5, 5.41) is 2.58. The summed E-state index contributed by atoms with van der Waals surface area (Å²) in [6.45, 7) is 6.15. The van der Waals surface area contributed by atoms with Gasteiger partial charge in [-0.1, -0.05) is 30.3 Å². The zero-order valence-corrected chi connectivity index (χ0v) is 21.3. The molecule has 0 radical (unpaired) electrons. The van der Waals surface area contributed by atoms with Crippen molar-refractivity contribution in [1.29, 1.82) is 0 Å². The Kier molecular flexibility index (Phi) is 10.1. The maximum absolute atomic E-state index is 12.9. The summed E-state index contributed by atoms with van der Waals surface area (Å²) >= 11 is 0. The third kappa shape index (κ3) is 9.08. The van der Waals surface area contributed by atoms with E-state index >= 15 is 0 Å². The maximum atomic E-state index is 12.9. The minimum atomic E-state index is -3.61. The second-order valence-electron chi connectivity index (χ2n) is 9.18. The number of carbonyl (C=O) groups is 3. The zero-order chi connectivity index (χ0) is 25.4. The number of alkyl carbamates (subject to hydrolysis) is 1. The van der Waals surface area contributed by atoms with Gasteiger partial charge in [0.2, 0.25) is 0 Å². The van der Waals surface area contributed by atoms with E-state index in [1.807, 2.05) is 30.3 Å². The molecule has 0 aromatic heterocycles. The largest absolute Gasteiger partial charge is 0.445 e. The first kappa shape index (κ1) is 27.8. The van der Waals surface area contributed by atoms with Gasteiger partial charge in [0.1, 0.15) is 18.4 Å². The van der Waals surface area contributed by atoms with Crippen molar-refractivity contribution in [2.75, 3.05) is 33.5 Å². The lowest BCUT2D eigenvalue weighted by Crippen LogP contribution is -2.45.